The van der Waals surface area contributed by atoms with Gasteiger partial charge in [0.15, 0.2) is 0 Å². The highest BCUT2D eigenvalue weighted by Gasteiger charge is 2.18. The highest BCUT2D eigenvalue weighted by Crippen LogP contribution is 1.95. The molecule has 18 heavy (non-hydrogen) atoms. The third-order valence-electron chi connectivity index (χ3n) is 2.20. The molecule has 0 unspecified atom stereocenters. The van der Waals surface area contributed by atoms with E-state index in [1.807, 2.05) is 0 Å². The van der Waals surface area contributed by atoms with E-state index < -0.39 is 18.0 Å². The number of nitrogens with zero attached hydrogens (tertiary/aromatic N) is 1. The van der Waals surface area contributed by atoms with Crippen LogP contribution in [0.25, 0.3) is 0 Å². The molecule has 0 aliphatic heterocycles. The summed E-state index contributed by atoms with van der Waals surface area (Å²) >= 11 is 0. The molecule has 0 bridgehead atoms. The molecule has 2 amide bonds. The normalized spacial score (nSPS) is 11.6. The van der Waals surface area contributed by atoms with Gasteiger partial charge in [0.2, 0.25) is 0 Å². The largest absolute Gasteiger partial charge is 0.480 e. The van der Waals surface area contributed by atoms with Gasteiger partial charge in [-0.1, -0.05) is 6.07 Å². The van der Waals surface area contributed by atoms with Crippen molar-refractivity contribution >= 4 is 12.0 Å². The van der Waals surface area contributed by atoms with Crippen LogP contribution < -0.4 is 10.6 Å². The van der Waals surface area contributed by atoms with Crippen molar-refractivity contribution in [2.75, 3.05) is 6.61 Å². The Kier molecular flexibility index (Phi) is 5.59. The molecule has 7 heteroatoms. The third kappa shape index (κ3) is 4.79. The van der Waals surface area contributed by atoms with Crippen molar-refractivity contribution in [3.05, 3.63) is 30.1 Å². The van der Waals surface area contributed by atoms with Gasteiger partial charge in [0.05, 0.1) is 0 Å². The topological polar surface area (TPSA) is 112 Å². The number of amides is 2. The molecular weight excluding hydrogens is 238 g/mol. The number of hydrogen-bond donors (Lipinski definition) is 4. The molecule has 98 valence electrons. The predicted molar refractivity (Wildman–Crippen MR) is 62.7 cm³/mol. The molecule has 7 nitrogen and oxygen atoms in total. The van der Waals surface area contributed by atoms with Crippen molar-refractivity contribution in [3.8, 4) is 0 Å². The molecule has 0 saturated heterocycles. The van der Waals surface area contributed by atoms with Gasteiger partial charge in [-0.25, -0.2) is 9.59 Å². The summed E-state index contributed by atoms with van der Waals surface area (Å²) < 4.78 is 0. The van der Waals surface area contributed by atoms with Crippen LogP contribution in [0.3, 0.4) is 0 Å². The van der Waals surface area contributed by atoms with Gasteiger partial charge >= 0.3 is 12.0 Å². The van der Waals surface area contributed by atoms with Gasteiger partial charge < -0.3 is 20.8 Å². The Labute approximate surface area is 104 Å². The van der Waals surface area contributed by atoms with E-state index in [-0.39, 0.29) is 19.6 Å². The number of aromatic nitrogens is 1. The molecule has 0 spiro atoms. The van der Waals surface area contributed by atoms with Gasteiger partial charge in [0, 0.05) is 32.0 Å². The van der Waals surface area contributed by atoms with Gasteiger partial charge in [-0.2, -0.15) is 0 Å². The number of pyridine rings is 1. The van der Waals surface area contributed by atoms with Crippen LogP contribution in [0.4, 0.5) is 4.79 Å². The molecule has 4 N–H and O–H groups in total. The first kappa shape index (κ1) is 13.9. The van der Waals surface area contributed by atoms with Crippen LogP contribution in [0.2, 0.25) is 0 Å². The number of nitrogens with one attached hydrogen (secondary N) is 2. The molecule has 1 atom stereocenters. The number of carboxylic acids is 1. The number of aliphatic hydroxyl groups excluding tert-OH is 1. The lowest BCUT2D eigenvalue weighted by molar-refractivity contribution is -0.139. The van der Waals surface area contributed by atoms with E-state index in [0.29, 0.717) is 0 Å². The van der Waals surface area contributed by atoms with Gasteiger partial charge in [-0.3, -0.25) is 4.98 Å². The number of carbonyl (C=O) groups is 2. The van der Waals surface area contributed by atoms with Crippen molar-refractivity contribution < 1.29 is 19.8 Å². The summed E-state index contributed by atoms with van der Waals surface area (Å²) in [6.07, 6.45) is 3.18. The van der Waals surface area contributed by atoms with E-state index in [2.05, 4.69) is 15.6 Å². The fourth-order valence-electron chi connectivity index (χ4n) is 1.28. The van der Waals surface area contributed by atoms with E-state index in [9.17, 15) is 9.59 Å². The second-order valence-corrected chi connectivity index (χ2v) is 3.59. The predicted octanol–water partition coefficient (Wildman–Crippen LogP) is -0.284. The smallest absolute Gasteiger partial charge is 0.326 e. The van der Waals surface area contributed by atoms with Crippen molar-refractivity contribution in [3.63, 3.8) is 0 Å². The average molecular weight is 253 g/mol. The zero-order valence-electron chi connectivity index (χ0n) is 9.67. The Bertz CT molecular complexity index is 397. The first-order valence-electron chi connectivity index (χ1n) is 5.40. The van der Waals surface area contributed by atoms with Crippen LogP contribution in [0.15, 0.2) is 24.5 Å². The standard InChI is InChI=1S/C11H15N3O4/c15-5-3-9(10(16)17)14-11(18)13-7-8-2-1-4-12-6-8/h1-2,4,6,9,15H,3,5,7H2,(H,16,17)(H2,13,14,18)/t9-/m1/s1. The summed E-state index contributed by atoms with van der Waals surface area (Å²) in [7, 11) is 0. The molecule has 1 aromatic heterocycles. The number of aliphatic hydroxyl groups is 1. The molecule has 0 aliphatic rings. The van der Waals surface area contributed by atoms with Crippen molar-refractivity contribution in [1.82, 2.24) is 15.6 Å². The summed E-state index contributed by atoms with van der Waals surface area (Å²) in [5, 5.41) is 22.2. The molecule has 0 aliphatic carbocycles. The highest BCUT2D eigenvalue weighted by molar-refractivity contribution is 5.82. The molecule has 1 heterocycles. The van der Waals surface area contributed by atoms with Crippen molar-refractivity contribution in [1.29, 1.82) is 0 Å². The average Bonchev–Trinajstić information content (AvgIpc) is 2.37. The second kappa shape index (κ2) is 7.23. The molecule has 1 rings (SSSR count). The van der Waals surface area contributed by atoms with Crippen LogP contribution in [-0.2, 0) is 11.3 Å². The molecule has 0 aromatic carbocycles. The van der Waals surface area contributed by atoms with Gasteiger partial charge in [-0.15, -0.1) is 0 Å². The molecule has 0 saturated carbocycles. The summed E-state index contributed by atoms with van der Waals surface area (Å²) in [5.74, 6) is -1.18. The first-order valence-corrected chi connectivity index (χ1v) is 5.40. The number of aliphatic carboxylic acids is 1. The summed E-state index contributed by atoms with van der Waals surface area (Å²) in [5.41, 5.74) is 0.807. The van der Waals surface area contributed by atoms with Crippen molar-refractivity contribution in [2.24, 2.45) is 0 Å². The lowest BCUT2D eigenvalue weighted by atomic mass is 10.2. The summed E-state index contributed by atoms with van der Waals surface area (Å²) in [6.45, 7) is -0.0506. The van der Waals surface area contributed by atoms with E-state index >= 15 is 0 Å². The number of rotatable bonds is 6. The molecule has 0 radical (unpaired) electrons. The summed E-state index contributed by atoms with van der Waals surface area (Å²) in [4.78, 5) is 26.0. The number of hydrogen-bond acceptors (Lipinski definition) is 4. The minimum atomic E-state index is -1.18. The molecule has 1 aromatic rings. The van der Waals surface area contributed by atoms with Gasteiger partial charge in [0.25, 0.3) is 0 Å². The minimum Gasteiger partial charge on any atom is -0.480 e. The fourth-order valence-corrected chi connectivity index (χ4v) is 1.28. The SMILES string of the molecule is O=C(NCc1cccnc1)N[C@H](CCO)C(=O)O. The van der Waals surface area contributed by atoms with E-state index in [1.165, 1.54) is 0 Å². The maximum Gasteiger partial charge on any atom is 0.326 e. The number of urea groups is 1. The molecular formula is C11H15N3O4. The van der Waals surface area contributed by atoms with E-state index in [4.69, 9.17) is 10.2 Å². The Morgan fingerprint density at radius 2 is 2.22 bits per heavy atom. The van der Waals surface area contributed by atoms with Crippen LogP contribution in [-0.4, -0.2) is 39.8 Å². The van der Waals surface area contributed by atoms with Gasteiger partial charge in [0.1, 0.15) is 6.04 Å². The van der Waals surface area contributed by atoms with E-state index in [1.54, 1.807) is 24.5 Å². The third-order valence-corrected chi connectivity index (χ3v) is 2.20. The van der Waals surface area contributed by atoms with Crippen LogP contribution in [0, 0.1) is 0 Å². The Morgan fingerprint density at radius 1 is 1.44 bits per heavy atom. The van der Waals surface area contributed by atoms with Crippen LogP contribution >= 0.6 is 0 Å². The van der Waals surface area contributed by atoms with Crippen LogP contribution in [0.5, 0.6) is 0 Å². The number of carbonyl (C=O) groups excluding carboxylic acids is 1. The number of carboxylic acid groups (broad SMARTS) is 1. The quantitative estimate of drug-likeness (QED) is 0.557. The Morgan fingerprint density at radius 3 is 2.78 bits per heavy atom. The lowest BCUT2D eigenvalue weighted by Crippen LogP contribution is -2.46. The van der Waals surface area contributed by atoms with Gasteiger partial charge in [-0.05, 0) is 11.6 Å². The van der Waals surface area contributed by atoms with Crippen molar-refractivity contribution in [2.45, 2.75) is 19.0 Å². The zero-order chi connectivity index (χ0) is 13.4. The first-order chi connectivity index (χ1) is 8.63. The Hall–Kier alpha value is -2.15. The summed E-state index contributed by atoms with van der Waals surface area (Å²) in [6, 6.07) is 1.83. The second-order valence-electron chi connectivity index (χ2n) is 3.59. The zero-order valence-corrected chi connectivity index (χ0v) is 9.67. The maximum absolute atomic E-state index is 11.4. The maximum atomic E-state index is 11.4. The minimum absolute atomic E-state index is 0.0321. The lowest BCUT2D eigenvalue weighted by Gasteiger charge is -2.13. The monoisotopic (exact) mass is 253 g/mol. The molecule has 0 fully saturated rings. The highest BCUT2D eigenvalue weighted by atomic mass is 16.4. The van der Waals surface area contributed by atoms with Crippen LogP contribution in [0.1, 0.15) is 12.0 Å². The fraction of sp³-hybridized carbons (Fsp3) is 0.364. The Balaban J connectivity index is 2.39. The van der Waals surface area contributed by atoms with E-state index in [0.717, 1.165) is 5.56 Å².